The van der Waals surface area contributed by atoms with Crippen molar-refractivity contribution < 1.29 is 23.9 Å². The molecule has 0 aromatic rings. The van der Waals surface area contributed by atoms with E-state index in [1.54, 1.807) is 6.92 Å². The summed E-state index contributed by atoms with van der Waals surface area (Å²) >= 11 is 0. The van der Waals surface area contributed by atoms with E-state index in [4.69, 9.17) is 0 Å². The van der Waals surface area contributed by atoms with Crippen molar-refractivity contribution >= 4 is 17.8 Å². The monoisotopic (exact) mass is 229 g/mol. The van der Waals surface area contributed by atoms with Crippen LogP contribution in [-0.4, -0.2) is 50.1 Å². The van der Waals surface area contributed by atoms with E-state index in [0.29, 0.717) is 0 Å². The summed E-state index contributed by atoms with van der Waals surface area (Å²) in [7, 11) is 2.48. The average molecular weight is 229 g/mol. The molecule has 0 N–H and O–H groups in total. The van der Waals surface area contributed by atoms with Crippen LogP contribution in [0.15, 0.2) is 0 Å². The lowest BCUT2D eigenvalue weighted by atomic mass is 9.89. The second-order valence-electron chi connectivity index (χ2n) is 3.75. The van der Waals surface area contributed by atoms with Gasteiger partial charge in [0, 0.05) is 19.0 Å². The predicted molar refractivity (Wildman–Crippen MR) is 53.7 cm³/mol. The molecule has 0 aliphatic carbocycles. The Morgan fingerprint density at radius 2 is 1.88 bits per heavy atom. The maximum absolute atomic E-state index is 11.7. The van der Waals surface area contributed by atoms with Gasteiger partial charge in [0.2, 0.25) is 0 Å². The molecular formula is C10H15NO5. The molecule has 0 aromatic carbocycles. The zero-order valence-electron chi connectivity index (χ0n) is 9.56. The van der Waals surface area contributed by atoms with Gasteiger partial charge in [0.05, 0.1) is 14.2 Å². The van der Waals surface area contributed by atoms with Gasteiger partial charge in [0.15, 0.2) is 5.78 Å². The summed E-state index contributed by atoms with van der Waals surface area (Å²) in [5.74, 6) is -2.07. The molecule has 1 rings (SSSR count). The van der Waals surface area contributed by atoms with E-state index in [0.717, 1.165) is 0 Å². The van der Waals surface area contributed by atoms with Crippen LogP contribution >= 0.6 is 0 Å². The maximum Gasteiger partial charge on any atom is 0.409 e. The summed E-state index contributed by atoms with van der Waals surface area (Å²) in [4.78, 5) is 35.7. The Labute approximate surface area is 93.5 Å². The fourth-order valence-electron chi connectivity index (χ4n) is 1.76. The van der Waals surface area contributed by atoms with Crippen LogP contribution in [0.25, 0.3) is 0 Å². The second kappa shape index (κ2) is 4.96. The molecule has 1 amide bonds. The number of rotatable bonds is 1. The number of likely N-dealkylation sites (tertiary alicyclic amines) is 1. The summed E-state index contributed by atoms with van der Waals surface area (Å²) in [6, 6.07) is 0. The third-order valence-corrected chi connectivity index (χ3v) is 2.64. The molecular weight excluding hydrogens is 214 g/mol. The molecule has 0 spiro atoms. The van der Waals surface area contributed by atoms with Crippen LogP contribution in [-0.2, 0) is 19.1 Å². The SMILES string of the molecule is COC(=O)C1CN(C(=O)OC)CC(C)C1=O. The van der Waals surface area contributed by atoms with E-state index in [-0.39, 0.29) is 24.8 Å². The van der Waals surface area contributed by atoms with Crippen LogP contribution in [0.4, 0.5) is 4.79 Å². The van der Waals surface area contributed by atoms with Crippen molar-refractivity contribution in [3.05, 3.63) is 0 Å². The Balaban J connectivity index is 2.81. The lowest BCUT2D eigenvalue weighted by molar-refractivity contribution is -0.153. The van der Waals surface area contributed by atoms with Gasteiger partial charge >= 0.3 is 12.1 Å². The van der Waals surface area contributed by atoms with Crippen molar-refractivity contribution in [3.8, 4) is 0 Å². The van der Waals surface area contributed by atoms with Crippen molar-refractivity contribution in [1.82, 2.24) is 4.90 Å². The highest BCUT2D eigenvalue weighted by Gasteiger charge is 2.39. The van der Waals surface area contributed by atoms with E-state index in [9.17, 15) is 14.4 Å². The number of ketones is 1. The van der Waals surface area contributed by atoms with E-state index >= 15 is 0 Å². The van der Waals surface area contributed by atoms with Crippen molar-refractivity contribution in [2.24, 2.45) is 11.8 Å². The molecule has 6 nitrogen and oxygen atoms in total. The van der Waals surface area contributed by atoms with Gasteiger partial charge in [0.25, 0.3) is 0 Å². The predicted octanol–water partition coefficient (Wildman–Crippen LogP) is 0.0628. The number of ether oxygens (including phenoxy) is 2. The Hall–Kier alpha value is -1.59. The third-order valence-electron chi connectivity index (χ3n) is 2.64. The molecule has 1 saturated heterocycles. The number of carbonyl (C=O) groups excluding carboxylic acids is 3. The highest BCUT2D eigenvalue weighted by atomic mass is 16.5. The number of hydrogen-bond acceptors (Lipinski definition) is 5. The Morgan fingerprint density at radius 1 is 1.25 bits per heavy atom. The second-order valence-corrected chi connectivity index (χ2v) is 3.75. The highest BCUT2D eigenvalue weighted by Crippen LogP contribution is 2.19. The van der Waals surface area contributed by atoms with E-state index < -0.39 is 18.0 Å². The number of Topliss-reactive ketones (excluding diaryl/α,β-unsaturated/α-hetero) is 1. The molecule has 16 heavy (non-hydrogen) atoms. The van der Waals surface area contributed by atoms with Crippen molar-refractivity contribution in [2.75, 3.05) is 27.3 Å². The number of hydrogen-bond donors (Lipinski definition) is 0. The molecule has 0 radical (unpaired) electrons. The van der Waals surface area contributed by atoms with Crippen LogP contribution in [0.2, 0.25) is 0 Å². The molecule has 2 atom stereocenters. The zero-order chi connectivity index (χ0) is 12.3. The van der Waals surface area contributed by atoms with Crippen LogP contribution < -0.4 is 0 Å². The van der Waals surface area contributed by atoms with Crippen LogP contribution in [0.1, 0.15) is 6.92 Å². The number of nitrogens with zero attached hydrogens (tertiary/aromatic N) is 1. The van der Waals surface area contributed by atoms with Crippen LogP contribution in [0.3, 0.4) is 0 Å². The lowest BCUT2D eigenvalue weighted by Gasteiger charge is -2.32. The highest BCUT2D eigenvalue weighted by molar-refractivity contribution is 6.01. The normalized spacial score (nSPS) is 25.2. The third kappa shape index (κ3) is 2.32. The van der Waals surface area contributed by atoms with Crippen molar-refractivity contribution in [3.63, 3.8) is 0 Å². The quantitative estimate of drug-likeness (QED) is 0.469. The minimum Gasteiger partial charge on any atom is -0.468 e. The molecule has 0 bridgehead atoms. The molecule has 1 fully saturated rings. The lowest BCUT2D eigenvalue weighted by Crippen LogP contribution is -2.51. The number of methoxy groups -OCH3 is 2. The molecule has 6 heteroatoms. The molecule has 1 aliphatic heterocycles. The number of carbonyl (C=O) groups is 3. The molecule has 1 heterocycles. The summed E-state index contributed by atoms with van der Waals surface area (Å²) < 4.78 is 9.09. The summed E-state index contributed by atoms with van der Waals surface area (Å²) in [5, 5.41) is 0. The Bertz CT molecular complexity index is 314. The van der Waals surface area contributed by atoms with Gasteiger partial charge in [-0.3, -0.25) is 9.59 Å². The first kappa shape index (κ1) is 12.5. The van der Waals surface area contributed by atoms with Gasteiger partial charge in [-0.15, -0.1) is 0 Å². The molecule has 90 valence electrons. The minimum absolute atomic E-state index is 0.0303. The molecule has 1 aliphatic rings. The fourth-order valence-corrected chi connectivity index (χ4v) is 1.76. The fraction of sp³-hybridized carbons (Fsp3) is 0.700. The van der Waals surface area contributed by atoms with Gasteiger partial charge in [-0.05, 0) is 0 Å². The summed E-state index contributed by atoms with van der Waals surface area (Å²) in [6.07, 6.45) is -0.534. The number of esters is 1. The summed E-state index contributed by atoms with van der Waals surface area (Å²) in [6.45, 7) is 1.98. The minimum atomic E-state index is -0.896. The largest absolute Gasteiger partial charge is 0.468 e. The average Bonchev–Trinajstić information content (AvgIpc) is 2.30. The first-order valence-corrected chi connectivity index (χ1v) is 4.95. The van der Waals surface area contributed by atoms with Crippen LogP contribution in [0.5, 0.6) is 0 Å². The maximum atomic E-state index is 11.7. The molecule has 0 saturated carbocycles. The zero-order valence-corrected chi connectivity index (χ0v) is 9.56. The first-order valence-electron chi connectivity index (χ1n) is 4.95. The van der Waals surface area contributed by atoms with Gasteiger partial charge in [-0.1, -0.05) is 6.92 Å². The number of piperidine rings is 1. The van der Waals surface area contributed by atoms with Crippen molar-refractivity contribution in [2.45, 2.75) is 6.92 Å². The topological polar surface area (TPSA) is 72.9 Å². The number of amides is 1. The van der Waals surface area contributed by atoms with Crippen molar-refractivity contribution in [1.29, 1.82) is 0 Å². The van der Waals surface area contributed by atoms with E-state index in [2.05, 4.69) is 9.47 Å². The van der Waals surface area contributed by atoms with Gasteiger partial charge in [-0.2, -0.15) is 0 Å². The standard InChI is InChI=1S/C10H15NO5/c1-6-4-11(10(14)16-3)5-7(8(6)12)9(13)15-2/h6-7H,4-5H2,1-3H3. The van der Waals surface area contributed by atoms with Gasteiger partial charge < -0.3 is 14.4 Å². The van der Waals surface area contributed by atoms with E-state index in [1.807, 2.05) is 0 Å². The van der Waals surface area contributed by atoms with Crippen LogP contribution in [0, 0.1) is 11.8 Å². The van der Waals surface area contributed by atoms with Gasteiger partial charge in [-0.25, -0.2) is 4.79 Å². The Morgan fingerprint density at radius 3 is 2.38 bits per heavy atom. The Kier molecular flexibility index (Phi) is 3.87. The van der Waals surface area contributed by atoms with Gasteiger partial charge in [0.1, 0.15) is 5.92 Å². The smallest absolute Gasteiger partial charge is 0.409 e. The summed E-state index contributed by atoms with van der Waals surface area (Å²) in [5.41, 5.74) is 0. The van der Waals surface area contributed by atoms with E-state index in [1.165, 1.54) is 19.1 Å². The molecule has 0 aromatic heterocycles. The molecule has 2 unspecified atom stereocenters. The first-order chi connectivity index (χ1) is 7.51.